The van der Waals surface area contributed by atoms with Gasteiger partial charge in [0.05, 0.1) is 17.1 Å². The summed E-state index contributed by atoms with van der Waals surface area (Å²) in [5.41, 5.74) is 5.56. The number of guanidine groups is 1. The molecule has 164 valence electrons. The number of benzene rings is 1. The van der Waals surface area contributed by atoms with Gasteiger partial charge in [0, 0.05) is 50.7 Å². The first-order chi connectivity index (χ1) is 15.1. The predicted molar refractivity (Wildman–Crippen MR) is 129 cm³/mol. The predicted octanol–water partition coefficient (Wildman–Crippen LogP) is 3.45. The summed E-state index contributed by atoms with van der Waals surface area (Å²) in [5.74, 6) is 0.790. The van der Waals surface area contributed by atoms with Gasteiger partial charge in [0.15, 0.2) is 11.1 Å². The Morgan fingerprint density at radius 2 is 1.97 bits per heavy atom. The van der Waals surface area contributed by atoms with E-state index in [4.69, 9.17) is 4.98 Å². The van der Waals surface area contributed by atoms with Crippen molar-refractivity contribution in [1.82, 2.24) is 25.4 Å². The summed E-state index contributed by atoms with van der Waals surface area (Å²) in [7, 11) is 1.80. The first-order valence-corrected chi connectivity index (χ1v) is 11.8. The molecule has 0 amide bonds. The van der Waals surface area contributed by atoms with Crippen LogP contribution < -0.4 is 15.5 Å². The van der Waals surface area contributed by atoms with Crippen molar-refractivity contribution in [3.05, 3.63) is 58.4 Å². The first-order valence-electron chi connectivity index (χ1n) is 10.9. The number of aromatic nitrogens is 3. The van der Waals surface area contributed by atoms with Crippen LogP contribution in [-0.4, -0.2) is 47.4 Å². The normalized spacial score (nSPS) is 14.3. The van der Waals surface area contributed by atoms with Gasteiger partial charge in [-0.05, 0) is 44.4 Å². The Morgan fingerprint density at radius 3 is 2.71 bits per heavy atom. The van der Waals surface area contributed by atoms with Crippen molar-refractivity contribution >= 4 is 22.4 Å². The van der Waals surface area contributed by atoms with Crippen LogP contribution in [-0.2, 0) is 13.0 Å². The number of nitrogens with one attached hydrogen (secondary N) is 2. The van der Waals surface area contributed by atoms with Gasteiger partial charge in [0.25, 0.3) is 0 Å². The molecule has 1 aromatic carbocycles. The number of para-hydroxylation sites is 1. The molecule has 0 aliphatic carbocycles. The molecule has 7 nitrogen and oxygen atoms in total. The average molecular weight is 438 g/mol. The number of rotatable bonds is 7. The second kappa shape index (κ2) is 9.96. The van der Waals surface area contributed by atoms with Crippen LogP contribution in [0.3, 0.4) is 0 Å². The molecule has 8 heteroatoms. The Labute approximate surface area is 188 Å². The van der Waals surface area contributed by atoms with E-state index in [9.17, 15) is 0 Å². The fraction of sp³-hybridized carbons (Fsp3) is 0.435. The molecule has 31 heavy (non-hydrogen) atoms. The van der Waals surface area contributed by atoms with Gasteiger partial charge in [-0.2, -0.15) is 5.10 Å². The van der Waals surface area contributed by atoms with Crippen molar-refractivity contribution in [3.8, 4) is 5.69 Å². The zero-order valence-electron chi connectivity index (χ0n) is 18.6. The van der Waals surface area contributed by atoms with Gasteiger partial charge < -0.3 is 15.5 Å². The maximum atomic E-state index is 4.80. The van der Waals surface area contributed by atoms with E-state index < -0.39 is 0 Å². The van der Waals surface area contributed by atoms with Crippen LogP contribution in [0.2, 0.25) is 0 Å². The minimum Gasteiger partial charge on any atom is -0.356 e. The molecule has 0 atom stereocenters. The van der Waals surface area contributed by atoms with E-state index in [-0.39, 0.29) is 0 Å². The number of aryl methyl sites for hydroxylation is 2. The van der Waals surface area contributed by atoms with Crippen molar-refractivity contribution in [2.24, 2.45) is 4.99 Å². The highest BCUT2D eigenvalue weighted by molar-refractivity contribution is 7.13. The molecule has 0 saturated carbocycles. The van der Waals surface area contributed by atoms with E-state index in [0.29, 0.717) is 6.54 Å². The van der Waals surface area contributed by atoms with Crippen molar-refractivity contribution < 1.29 is 0 Å². The molecule has 0 radical (unpaired) electrons. The quantitative estimate of drug-likeness (QED) is 0.438. The topological polar surface area (TPSA) is 70.4 Å². The van der Waals surface area contributed by atoms with Crippen LogP contribution in [0.4, 0.5) is 5.13 Å². The summed E-state index contributed by atoms with van der Waals surface area (Å²) in [5, 5.41) is 14.8. The van der Waals surface area contributed by atoms with Gasteiger partial charge in [0.2, 0.25) is 0 Å². The maximum Gasteiger partial charge on any atom is 0.191 e. The van der Waals surface area contributed by atoms with Crippen LogP contribution in [0.1, 0.15) is 35.5 Å². The van der Waals surface area contributed by atoms with Crippen LogP contribution in [0.15, 0.2) is 40.7 Å². The highest BCUT2D eigenvalue weighted by Crippen LogP contribution is 2.24. The van der Waals surface area contributed by atoms with Crippen LogP contribution in [0.5, 0.6) is 0 Å². The highest BCUT2D eigenvalue weighted by atomic mass is 32.1. The molecule has 4 rings (SSSR count). The molecular formula is C23H31N7S. The van der Waals surface area contributed by atoms with Gasteiger partial charge in [0.1, 0.15) is 0 Å². The standard InChI is InChI=1S/C23H31N7S/c1-17-14-18(2)30(28-17)21-9-5-4-8-19(21)15-26-22(24-3)25-11-10-20-16-31-23(27-20)29-12-6-7-13-29/h4-5,8-9,14,16H,6-7,10-13,15H2,1-3H3,(H2,24,25,26). The first kappa shape index (κ1) is 21.4. The van der Waals surface area contributed by atoms with Crippen molar-refractivity contribution in [1.29, 1.82) is 0 Å². The fourth-order valence-corrected chi connectivity index (χ4v) is 4.83. The Hall–Kier alpha value is -2.87. The lowest BCUT2D eigenvalue weighted by atomic mass is 10.1. The lowest BCUT2D eigenvalue weighted by molar-refractivity contribution is 0.770. The van der Waals surface area contributed by atoms with Crippen molar-refractivity contribution in [3.63, 3.8) is 0 Å². The number of aliphatic imine (C=N–C) groups is 1. The van der Waals surface area contributed by atoms with Crippen molar-refractivity contribution in [2.45, 2.75) is 39.7 Å². The van der Waals surface area contributed by atoms with E-state index >= 15 is 0 Å². The van der Waals surface area contributed by atoms with Crippen LogP contribution in [0.25, 0.3) is 5.69 Å². The summed E-state index contributed by atoms with van der Waals surface area (Å²) in [6.07, 6.45) is 3.44. The molecule has 3 heterocycles. The van der Waals surface area contributed by atoms with Gasteiger partial charge in [-0.1, -0.05) is 18.2 Å². The Balaban J connectivity index is 1.31. The second-order valence-corrected chi connectivity index (χ2v) is 8.72. The van der Waals surface area contributed by atoms with Gasteiger partial charge in [-0.15, -0.1) is 11.3 Å². The Morgan fingerprint density at radius 1 is 1.16 bits per heavy atom. The number of hydrogen-bond acceptors (Lipinski definition) is 5. The number of hydrogen-bond donors (Lipinski definition) is 2. The van der Waals surface area contributed by atoms with Crippen molar-refractivity contribution in [2.75, 3.05) is 31.6 Å². The lowest BCUT2D eigenvalue weighted by Crippen LogP contribution is -2.38. The monoisotopic (exact) mass is 437 g/mol. The van der Waals surface area contributed by atoms with Gasteiger partial charge >= 0.3 is 0 Å². The van der Waals surface area contributed by atoms with E-state index in [0.717, 1.165) is 59.9 Å². The van der Waals surface area contributed by atoms with Crippen LogP contribution in [0, 0.1) is 13.8 Å². The van der Waals surface area contributed by atoms with E-state index in [1.807, 2.05) is 17.7 Å². The molecular weight excluding hydrogens is 406 g/mol. The summed E-state index contributed by atoms with van der Waals surface area (Å²) < 4.78 is 2.00. The highest BCUT2D eigenvalue weighted by Gasteiger charge is 2.15. The van der Waals surface area contributed by atoms with Crippen LogP contribution >= 0.6 is 11.3 Å². The minimum atomic E-state index is 0.671. The molecule has 1 aliphatic heterocycles. The molecule has 2 N–H and O–H groups in total. The summed E-state index contributed by atoms with van der Waals surface area (Å²) in [4.78, 5) is 11.6. The third-order valence-electron chi connectivity index (χ3n) is 5.49. The number of thiazole rings is 1. The molecule has 1 fully saturated rings. The smallest absolute Gasteiger partial charge is 0.191 e. The lowest BCUT2D eigenvalue weighted by Gasteiger charge is -2.15. The SMILES string of the molecule is CN=C(NCCc1csc(N2CCCC2)n1)NCc1ccccc1-n1nc(C)cc1C. The largest absolute Gasteiger partial charge is 0.356 e. The molecule has 1 aliphatic rings. The van der Waals surface area contributed by atoms with Gasteiger partial charge in [-0.3, -0.25) is 4.99 Å². The Bertz CT molecular complexity index is 1030. The van der Waals surface area contributed by atoms with E-state index in [1.54, 1.807) is 18.4 Å². The van der Waals surface area contributed by atoms with Gasteiger partial charge in [-0.25, -0.2) is 9.67 Å². The maximum absolute atomic E-state index is 4.80. The second-order valence-electron chi connectivity index (χ2n) is 7.89. The minimum absolute atomic E-state index is 0.671. The molecule has 2 aromatic heterocycles. The molecule has 3 aromatic rings. The third kappa shape index (κ3) is 5.25. The number of nitrogens with zero attached hydrogens (tertiary/aromatic N) is 5. The molecule has 0 unspecified atom stereocenters. The average Bonchev–Trinajstić information content (AvgIpc) is 3.52. The zero-order chi connectivity index (χ0) is 21.6. The van der Waals surface area contributed by atoms with E-state index in [2.05, 4.69) is 62.2 Å². The zero-order valence-corrected chi connectivity index (χ0v) is 19.4. The van der Waals surface area contributed by atoms with E-state index in [1.165, 1.54) is 18.4 Å². The summed E-state index contributed by atoms with van der Waals surface area (Å²) in [6.45, 7) is 7.85. The molecule has 0 bridgehead atoms. The third-order valence-corrected chi connectivity index (χ3v) is 6.44. The molecule has 0 spiro atoms. The number of anilines is 1. The Kier molecular flexibility index (Phi) is 6.86. The molecule has 1 saturated heterocycles. The summed E-state index contributed by atoms with van der Waals surface area (Å²) in [6, 6.07) is 10.4. The summed E-state index contributed by atoms with van der Waals surface area (Å²) >= 11 is 1.75. The fourth-order valence-electron chi connectivity index (χ4n) is 3.91.